The molecular formula is C26H35N3OS. The Balaban J connectivity index is 1.10. The molecule has 0 saturated heterocycles. The predicted octanol–water partition coefficient (Wildman–Crippen LogP) is 5.01. The summed E-state index contributed by atoms with van der Waals surface area (Å²) in [5, 5.41) is 14.6. The molecule has 3 N–H and O–H groups in total. The summed E-state index contributed by atoms with van der Waals surface area (Å²) in [6.45, 7) is 3.43. The number of benzene rings is 1. The van der Waals surface area contributed by atoms with Gasteiger partial charge in [0.2, 0.25) is 5.91 Å². The highest BCUT2D eigenvalue weighted by Crippen LogP contribution is 2.81. The van der Waals surface area contributed by atoms with Crippen molar-refractivity contribution in [2.75, 3.05) is 18.1 Å². The van der Waals surface area contributed by atoms with E-state index in [0.717, 1.165) is 65.1 Å². The zero-order valence-corrected chi connectivity index (χ0v) is 19.5. The van der Waals surface area contributed by atoms with Crippen molar-refractivity contribution in [3.63, 3.8) is 0 Å². The van der Waals surface area contributed by atoms with Gasteiger partial charge >= 0.3 is 0 Å². The van der Waals surface area contributed by atoms with E-state index in [1.54, 1.807) is 0 Å². The fourth-order valence-electron chi connectivity index (χ4n) is 8.59. The third-order valence-electron chi connectivity index (χ3n) is 10.4. The average molecular weight is 438 g/mol. The maximum Gasteiger partial charge on any atom is 0.224 e. The molecule has 6 rings (SSSR count). The summed E-state index contributed by atoms with van der Waals surface area (Å²) < 4.78 is 0. The van der Waals surface area contributed by atoms with Crippen LogP contribution in [0.4, 0.5) is 5.69 Å². The summed E-state index contributed by atoms with van der Waals surface area (Å²) in [4.78, 5) is 12.9. The van der Waals surface area contributed by atoms with Crippen LogP contribution in [0.2, 0.25) is 0 Å². The Labute approximate surface area is 190 Å². The van der Waals surface area contributed by atoms with Gasteiger partial charge in [-0.3, -0.25) is 10.2 Å². The number of hydrogen-bond donors (Lipinski definition) is 3. The van der Waals surface area contributed by atoms with E-state index in [-0.39, 0.29) is 5.91 Å². The molecule has 5 saturated carbocycles. The Bertz CT molecular complexity index is 892. The molecule has 0 radical (unpaired) electrons. The first kappa shape index (κ1) is 20.1. The number of amides is 1. The summed E-state index contributed by atoms with van der Waals surface area (Å²) in [6, 6.07) is 7.93. The second-order valence-electron chi connectivity index (χ2n) is 11.1. The summed E-state index contributed by atoms with van der Waals surface area (Å²) in [7, 11) is 0. The molecule has 0 heterocycles. The minimum absolute atomic E-state index is 0.168. The van der Waals surface area contributed by atoms with Gasteiger partial charge in [0, 0.05) is 12.2 Å². The SMILES string of the molecule is CSC(=N)Nc1ccc(CC(=O)NCC2(C3CC4CCC43)C(C)C3C4CCC4C32)cc1. The molecule has 5 fully saturated rings. The van der Waals surface area contributed by atoms with E-state index in [1.165, 1.54) is 43.9 Å². The van der Waals surface area contributed by atoms with Crippen LogP contribution >= 0.6 is 11.8 Å². The second kappa shape index (κ2) is 7.26. The van der Waals surface area contributed by atoms with Crippen LogP contribution < -0.4 is 10.6 Å². The summed E-state index contributed by atoms with van der Waals surface area (Å²) >= 11 is 1.38. The van der Waals surface area contributed by atoms with Crippen molar-refractivity contribution < 1.29 is 4.79 Å². The van der Waals surface area contributed by atoms with Gasteiger partial charge in [-0.05, 0) is 109 Å². The van der Waals surface area contributed by atoms with E-state index >= 15 is 0 Å². The molecule has 1 aromatic rings. The molecule has 5 aliphatic rings. The van der Waals surface area contributed by atoms with Gasteiger partial charge < -0.3 is 10.6 Å². The van der Waals surface area contributed by atoms with E-state index in [1.807, 2.05) is 30.5 Å². The molecule has 1 aromatic carbocycles. The van der Waals surface area contributed by atoms with Gasteiger partial charge in [-0.1, -0.05) is 30.8 Å². The van der Waals surface area contributed by atoms with Gasteiger partial charge in [-0.2, -0.15) is 0 Å². The normalized spacial score (nSPS) is 43.3. The van der Waals surface area contributed by atoms with Crippen LogP contribution in [0.25, 0.3) is 0 Å². The fourth-order valence-corrected chi connectivity index (χ4v) is 8.81. The Morgan fingerprint density at radius 3 is 2.45 bits per heavy atom. The molecule has 9 atom stereocenters. The van der Waals surface area contributed by atoms with Gasteiger partial charge in [0.05, 0.1) is 6.42 Å². The zero-order valence-electron chi connectivity index (χ0n) is 18.7. The van der Waals surface area contributed by atoms with Crippen LogP contribution in [0, 0.1) is 58.2 Å². The third-order valence-corrected chi connectivity index (χ3v) is 10.9. The van der Waals surface area contributed by atoms with Crippen LogP contribution in [0.3, 0.4) is 0 Å². The largest absolute Gasteiger partial charge is 0.355 e. The van der Waals surface area contributed by atoms with E-state index in [4.69, 9.17) is 5.41 Å². The fraction of sp³-hybridized carbons (Fsp3) is 0.692. The van der Waals surface area contributed by atoms with Gasteiger partial charge in [-0.15, -0.1) is 0 Å². The molecule has 0 bridgehead atoms. The number of carbonyl (C=O) groups is 1. The number of carbonyl (C=O) groups excluding carboxylic acids is 1. The number of hydrogen-bond acceptors (Lipinski definition) is 3. The Kier molecular flexibility index (Phi) is 4.72. The molecule has 166 valence electrons. The predicted molar refractivity (Wildman–Crippen MR) is 127 cm³/mol. The van der Waals surface area contributed by atoms with Crippen molar-refractivity contribution in [1.82, 2.24) is 5.32 Å². The number of nitrogens with one attached hydrogen (secondary N) is 3. The maximum absolute atomic E-state index is 12.9. The molecule has 0 spiro atoms. The molecule has 5 aliphatic carbocycles. The van der Waals surface area contributed by atoms with Gasteiger partial charge in [0.15, 0.2) is 5.17 Å². The Morgan fingerprint density at radius 1 is 1.13 bits per heavy atom. The van der Waals surface area contributed by atoms with E-state index in [0.29, 0.717) is 17.0 Å². The quantitative estimate of drug-likeness (QED) is 0.433. The molecule has 31 heavy (non-hydrogen) atoms. The summed E-state index contributed by atoms with van der Waals surface area (Å²) in [5.41, 5.74) is 2.34. The van der Waals surface area contributed by atoms with Crippen molar-refractivity contribution in [2.45, 2.75) is 45.4 Å². The van der Waals surface area contributed by atoms with Crippen LogP contribution in [0.1, 0.15) is 44.6 Å². The highest BCUT2D eigenvalue weighted by molar-refractivity contribution is 8.13. The summed E-state index contributed by atoms with van der Waals surface area (Å²) in [6.07, 6.45) is 9.58. The lowest BCUT2D eigenvalue weighted by Crippen LogP contribution is -2.79. The zero-order chi connectivity index (χ0) is 21.3. The van der Waals surface area contributed by atoms with E-state index in [9.17, 15) is 4.79 Å². The van der Waals surface area contributed by atoms with E-state index < -0.39 is 0 Å². The van der Waals surface area contributed by atoms with Crippen LogP contribution in [-0.4, -0.2) is 23.9 Å². The molecular weight excluding hydrogens is 402 g/mol. The lowest BCUT2D eigenvalue weighted by Gasteiger charge is -2.82. The first-order valence-electron chi connectivity index (χ1n) is 12.3. The number of fused-ring (bicyclic) bond motifs is 5. The molecule has 5 heteroatoms. The van der Waals surface area contributed by atoms with Crippen molar-refractivity contribution in [3.8, 4) is 0 Å². The van der Waals surface area contributed by atoms with Gasteiger partial charge in [0.25, 0.3) is 0 Å². The van der Waals surface area contributed by atoms with E-state index in [2.05, 4.69) is 17.6 Å². The molecule has 0 aliphatic heterocycles. The standard InChI is InChI=1S/C26H35N3OS/c1-14-23-19-9-10-20(19)24(23)26(14,21-12-16-5-8-18(16)21)13-28-22(30)11-15-3-6-17(7-4-15)29-25(27)31-2/h3-4,6-7,14,16,18-21,23-24H,5,8-13H2,1-2H3,(H2,27,29)(H,28,30). The minimum Gasteiger partial charge on any atom is -0.355 e. The highest BCUT2D eigenvalue weighted by atomic mass is 32.2. The van der Waals surface area contributed by atoms with Crippen molar-refractivity contribution in [3.05, 3.63) is 29.8 Å². The third kappa shape index (κ3) is 2.81. The number of anilines is 1. The van der Waals surface area contributed by atoms with Crippen molar-refractivity contribution >= 4 is 28.5 Å². The van der Waals surface area contributed by atoms with Crippen molar-refractivity contribution in [1.29, 1.82) is 5.41 Å². The number of amidine groups is 1. The number of thioether (sulfide) groups is 1. The van der Waals surface area contributed by atoms with Crippen LogP contribution in [0.5, 0.6) is 0 Å². The van der Waals surface area contributed by atoms with Crippen molar-refractivity contribution in [2.24, 2.45) is 52.8 Å². The summed E-state index contributed by atoms with van der Waals surface area (Å²) in [5.74, 6) is 7.71. The lowest BCUT2D eigenvalue weighted by atomic mass is 9.23. The molecule has 9 unspecified atom stereocenters. The molecule has 1 amide bonds. The van der Waals surface area contributed by atoms with Gasteiger partial charge in [-0.25, -0.2) is 0 Å². The minimum atomic E-state index is 0.168. The molecule has 0 aromatic heterocycles. The molecule has 4 nitrogen and oxygen atoms in total. The smallest absolute Gasteiger partial charge is 0.224 e. The van der Waals surface area contributed by atoms with Gasteiger partial charge in [0.1, 0.15) is 0 Å². The topological polar surface area (TPSA) is 65.0 Å². The first-order valence-corrected chi connectivity index (χ1v) is 13.5. The second-order valence-corrected chi connectivity index (χ2v) is 11.9. The highest BCUT2D eigenvalue weighted by Gasteiger charge is 2.77. The Morgan fingerprint density at radius 2 is 1.87 bits per heavy atom. The van der Waals surface area contributed by atoms with Crippen LogP contribution in [0.15, 0.2) is 24.3 Å². The van der Waals surface area contributed by atoms with Crippen LogP contribution in [-0.2, 0) is 11.2 Å². The monoisotopic (exact) mass is 437 g/mol. The Hall–Kier alpha value is -1.49. The lowest BCUT2D eigenvalue weighted by molar-refractivity contribution is -0.339. The maximum atomic E-state index is 12.9. The average Bonchev–Trinajstić information content (AvgIpc) is 2.74. The first-order chi connectivity index (χ1) is 15.0. The number of rotatable bonds is 6.